The molecule has 8 heteroatoms. The number of Topliss-reactive ketones (excluding diaryl/α,β-unsaturated/α-hetero) is 1. The molecule has 3 heterocycles. The van der Waals surface area contributed by atoms with Crippen LogP contribution in [0.1, 0.15) is 21.5 Å². The van der Waals surface area contributed by atoms with E-state index in [9.17, 15) is 14.4 Å². The van der Waals surface area contributed by atoms with Gasteiger partial charge in [0.15, 0.2) is 5.78 Å². The minimum absolute atomic E-state index is 0.313. The van der Waals surface area contributed by atoms with E-state index in [4.69, 9.17) is 23.2 Å². The molecule has 7 rings (SSSR count). The second-order valence-corrected chi connectivity index (χ2v) is 11.3. The van der Waals surface area contributed by atoms with E-state index >= 15 is 0 Å². The average Bonchev–Trinajstić information content (AvgIpc) is 3.47. The maximum Gasteiger partial charge on any atom is 0.247 e. The highest BCUT2D eigenvalue weighted by Crippen LogP contribution is 2.57. The smallest absolute Gasteiger partial charge is 0.247 e. The molecule has 0 aromatic heterocycles. The number of fused-ring (bicyclic) bond motifs is 6. The molecule has 6 nitrogen and oxygen atoms in total. The fourth-order valence-corrected chi connectivity index (χ4v) is 6.91. The molecule has 2 amide bonds. The number of nitrogens with zero attached hydrogens (tertiary/aromatic N) is 1. The molecule has 41 heavy (non-hydrogen) atoms. The number of amides is 2. The molecule has 0 radical (unpaired) electrons. The lowest BCUT2D eigenvalue weighted by Gasteiger charge is -2.37. The third-order valence-corrected chi connectivity index (χ3v) is 8.84. The molecule has 0 saturated carbocycles. The summed E-state index contributed by atoms with van der Waals surface area (Å²) < 4.78 is 0. The topological polar surface area (TPSA) is 78.5 Å². The highest BCUT2D eigenvalue weighted by Gasteiger charge is 2.70. The molecule has 1 fully saturated rings. The van der Waals surface area contributed by atoms with Crippen molar-refractivity contribution in [3.63, 3.8) is 0 Å². The van der Waals surface area contributed by atoms with E-state index in [-0.39, 0.29) is 11.7 Å². The van der Waals surface area contributed by atoms with Crippen LogP contribution in [-0.2, 0) is 15.0 Å². The number of para-hydroxylation sites is 2. The molecule has 3 aliphatic heterocycles. The molecule has 0 bridgehead atoms. The van der Waals surface area contributed by atoms with E-state index in [1.807, 2.05) is 65.6 Å². The Balaban J connectivity index is 1.48. The summed E-state index contributed by atoms with van der Waals surface area (Å²) in [5.41, 5.74) is 2.53. The van der Waals surface area contributed by atoms with Gasteiger partial charge in [-0.25, -0.2) is 0 Å². The number of carbonyl (C=O) groups is 3. The van der Waals surface area contributed by atoms with Gasteiger partial charge in [0.1, 0.15) is 11.5 Å². The number of anilines is 3. The average molecular weight is 580 g/mol. The quantitative estimate of drug-likeness (QED) is 0.267. The highest BCUT2D eigenvalue weighted by atomic mass is 35.5. The van der Waals surface area contributed by atoms with Gasteiger partial charge < -0.3 is 15.5 Å². The Labute approximate surface area is 246 Å². The molecule has 1 saturated heterocycles. The van der Waals surface area contributed by atoms with Crippen molar-refractivity contribution in [2.75, 3.05) is 15.5 Å². The Bertz CT molecular complexity index is 1750. The lowest BCUT2D eigenvalue weighted by molar-refractivity contribution is -0.122. The first kappa shape index (κ1) is 25.6. The largest absolute Gasteiger partial charge is 0.350 e. The van der Waals surface area contributed by atoms with Crippen molar-refractivity contribution in [2.45, 2.75) is 17.5 Å². The highest BCUT2D eigenvalue weighted by molar-refractivity contribution is 6.31. The summed E-state index contributed by atoms with van der Waals surface area (Å²) >= 11 is 12.2. The Hall–Kier alpha value is -4.39. The SMILES string of the molecule is O=C(Nc1ccc(Cl)cc1)C1C(C(=O)c2ccc(Cl)cc2)C2(C(=O)Nc3ccccc32)C2C=Cc3ccccc3N12. The van der Waals surface area contributed by atoms with Gasteiger partial charge in [-0.2, -0.15) is 0 Å². The van der Waals surface area contributed by atoms with Gasteiger partial charge in [0, 0.05) is 32.7 Å². The Morgan fingerprint density at radius 1 is 0.829 bits per heavy atom. The third kappa shape index (κ3) is 3.82. The summed E-state index contributed by atoms with van der Waals surface area (Å²) in [5.74, 6) is -2.10. The van der Waals surface area contributed by atoms with E-state index in [0.29, 0.717) is 32.5 Å². The molecule has 4 atom stereocenters. The maximum absolute atomic E-state index is 14.7. The summed E-state index contributed by atoms with van der Waals surface area (Å²) in [6, 6.07) is 26.8. The zero-order valence-electron chi connectivity index (χ0n) is 21.6. The zero-order chi connectivity index (χ0) is 28.3. The maximum atomic E-state index is 14.7. The molecular weight excluding hydrogens is 557 g/mol. The van der Waals surface area contributed by atoms with E-state index in [2.05, 4.69) is 10.6 Å². The minimum Gasteiger partial charge on any atom is -0.350 e. The predicted molar refractivity (Wildman–Crippen MR) is 162 cm³/mol. The first-order chi connectivity index (χ1) is 19.9. The number of hydrogen-bond donors (Lipinski definition) is 2. The van der Waals surface area contributed by atoms with Crippen molar-refractivity contribution in [3.05, 3.63) is 130 Å². The van der Waals surface area contributed by atoms with Gasteiger partial charge in [-0.3, -0.25) is 14.4 Å². The van der Waals surface area contributed by atoms with Crippen LogP contribution >= 0.6 is 23.2 Å². The third-order valence-electron chi connectivity index (χ3n) is 8.33. The van der Waals surface area contributed by atoms with Crippen molar-refractivity contribution >= 4 is 63.9 Å². The van der Waals surface area contributed by atoms with Gasteiger partial charge in [-0.15, -0.1) is 0 Å². The number of hydrogen-bond acceptors (Lipinski definition) is 4. The minimum atomic E-state index is -1.38. The van der Waals surface area contributed by atoms with Crippen molar-refractivity contribution in [1.82, 2.24) is 0 Å². The number of rotatable bonds is 4. The molecule has 4 aromatic rings. The normalized spacial score (nSPS) is 23.5. The van der Waals surface area contributed by atoms with Gasteiger partial charge in [0.2, 0.25) is 11.8 Å². The molecule has 4 unspecified atom stereocenters. The van der Waals surface area contributed by atoms with E-state index in [1.165, 1.54) is 0 Å². The van der Waals surface area contributed by atoms with Gasteiger partial charge >= 0.3 is 0 Å². The Morgan fingerprint density at radius 2 is 1.49 bits per heavy atom. The van der Waals surface area contributed by atoms with Gasteiger partial charge in [-0.1, -0.05) is 71.8 Å². The second kappa shape index (κ2) is 9.61. The van der Waals surface area contributed by atoms with Crippen molar-refractivity contribution < 1.29 is 14.4 Å². The van der Waals surface area contributed by atoms with Crippen LogP contribution < -0.4 is 15.5 Å². The molecule has 0 aliphatic carbocycles. The Kier molecular flexibility index (Phi) is 6.00. The standard InChI is InChI=1S/C33H23Cl2N3O3/c34-21-12-9-20(10-13-21)30(39)28-29(31(40)36-23-16-14-22(35)15-17-23)38-26-8-4-1-5-19(26)11-18-27(38)33(28)24-6-2-3-7-25(24)37-32(33)41/h1-18,27-29H,(H,36,40)(H,37,41). The molecule has 1 spiro atoms. The van der Waals surface area contributed by atoms with Crippen LogP contribution in [0.3, 0.4) is 0 Å². The first-order valence-electron chi connectivity index (χ1n) is 13.2. The number of carbonyl (C=O) groups excluding carboxylic acids is 3. The van der Waals surface area contributed by atoms with Gasteiger partial charge in [-0.05, 0) is 71.8 Å². The summed E-state index contributed by atoms with van der Waals surface area (Å²) in [7, 11) is 0. The van der Waals surface area contributed by atoms with Crippen LogP contribution in [0.25, 0.3) is 6.08 Å². The monoisotopic (exact) mass is 579 g/mol. The summed E-state index contributed by atoms with van der Waals surface area (Å²) in [6.45, 7) is 0. The van der Waals surface area contributed by atoms with Crippen LogP contribution in [-0.4, -0.2) is 29.7 Å². The molecule has 2 N–H and O–H groups in total. The molecular formula is C33H23Cl2N3O3. The Morgan fingerprint density at radius 3 is 2.24 bits per heavy atom. The van der Waals surface area contributed by atoms with Crippen molar-refractivity contribution in [3.8, 4) is 0 Å². The van der Waals surface area contributed by atoms with Gasteiger partial charge in [0.25, 0.3) is 0 Å². The molecule has 202 valence electrons. The van der Waals surface area contributed by atoms with Crippen LogP contribution in [0.2, 0.25) is 10.0 Å². The molecule has 4 aromatic carbocycles. The van der Waals surface area contributed by atoms with Gasteiger partial charge in [0.05, 0.1) is 12.0 Å². The fourth-order valence-electron chi connectivity index (χ4n) is 6.66. The van der Waals surface area contributed by atoms with Crippen molar-refractivity contribution in [2.24, 2.45) is 5.92 Å². The summed E-state index contributed by atoms with van der Waals surface area (Å²) in [6.07, 6.45) is 3.91. The van der Waals surface area contributed by atoms with Crippen LogP contribution in [0.15, 0.2) is 103 Å². The lowest BCUT2D eigenvalue weighted by Crippen LogP contribution is -2.51. The summed E-state index contributed by atoms with van der Waals surface area (Å²) in [4.78, 5) is 45.3. The van der Waals surface area contributed by atoms with E-state index in [1.54, 1.807) is 48.5 Å². The fraction of sp³-hybridized carbons (Fsp3) is 0.121. The van der Waals surface area contributed by atoms with Crippen LogP contribution in [0.5, 0.6) is 0 Å². The van der Waals surface area contributed by atoms with Crippen LogP contribution in [0.4, 0.5) is 17.1 Å². The zero-order valence-corrected chi connectivity index (χ0v) is 23.1. The predicted octanol–water partition coefficient (Wildman–Crippen LogP) is 6.61. The molecule has 3 aliphatic rings. The lowest BCUT2D eigenvalue weighted by atomic mass is 9.64. The van der Waals surface area contributed by atoms with E-state index in [0.717, 1.165) is 11.3 Å². The number of benzene rings is 4. The number of nitrogens with one attached hydrogen (secondary N) is 2. The van der Waals surface area contributed by atoms with Crippen LogP contribution in [0, 0.1) is 5.92 Å². The van der Waals surface area contributed by atoms with Crippen molar-refractivity contribution in [1.29, 1.82) is 0 Å². The number of halogens is 2. The van der Waals surface area contributed by atoms with E-state index < -0.39 is 29.3 Å². The second-order valence-electron chi connectivity index (χ2n) is 10.4. The summed E-state index contributed by atoms with van der Waals surface area (Å²) in [5, 5.41) is 7.05. The first-order valence-corrected chi connectivity index (χ1v) is 14.0. The number of ketones is 1.